The number of rotatable bonds is 2. The summed E-state index contributed by atoms with van der Waals surface area (Å²) in [6.07, 6.45) is 7.27. The van der Waals surface area contributed by atoms with Crippen LogP contribution in [-0.2, 0) is 0 Å². The molecule has 88 valence electrons. The highest BCUT2D eigenvalue weighted by atomic mass is 79.9. The first-order chi connectivity index (χ1) is 8.84. The van der Waals surface area contributed by atoms with E-state index in [-0.39, 0.29) is 0 Å². The molecule has 4 heteroatoms. The number of halogens is 1. The zero-order valence-electron chi connectivity index (χ0n) is 9.38. The minimum Gasteiger partial charge on any atom is -0.265 e. The van der Waals surface area contributed by atoms with Crippen LogP contribution in [0.2, 0.25) is 0 Å². The molecule has 3 aromatic heterocycles. The quantitative estimate of drug-likeness (QED) is 0.688. The van der Waals surface area contributed by atoms with Gasteiger partial charge in [0.05, 0.1) is 3.79 Å². The van der Waals surface area contributed by atoms with Gasteiger partial charge < -0.3 is 0 Å². The SMILES string of the molecule is Brc1cc(-c2ccncc2)c(-c2ccncc2)s1. The third kappa shape index (κ3) is 2.21. The summed E-state index contributed by atoms with van der Waals surface area (Å²) in [4.78, 5) is 9.37. The number of nitrogens with zero attached hydrogens (tertiary/aromatic N) is 2. The van der Waals surface area contributed by atoms with Crippen LogP contribution in [0, 0.1) is 0 Å². The van der Waals surface area contributed by atoms with E-state index < -0.39 is 0 Å². The Bertz CT molecular complexity index is 593. The molecule has 0 bridgehead atoms. The predicted molar refractivity (Wildman–Crippen MR) is 78.5 cm³/mol. The Morgan fingerprint density at radius 2 is 1.39 bits per heavy atom. The van der Waals surface area contributed by atoms with Gasteiger partial charge in [0, 0.05) is 35.2 Å². The molecule has 0 aliphatic carbocycles. The van der Waals surface area contributed by atoms with Crippen molar-refractivity contribution in [1.29, 1.82) is 0 Å². The molecule has 0 saturated heterocycles. The molecule has 0 saturated carbocycles. The van der Waals surface area contributed by atoms with Crippen LogP contribution in [0.3, 0.4) is 0 Å². The number of thiophene rings is 1. The molecule has 0 atom stereocenters. The van der Waals surface area contributed by atoms with E-state index in [0.717, 1.165) is 3.79 Å². The normalized spacial score (nSPS) is 10.5. The minimum atomic E-state index is 1.13. The second-order valence-corrected chi connectivity index (χ2v) is 6.20. The van der Waals surface area contributed by atoms with E-state index >= 15 is 0 Å². The third-order valence-electron chi connectivity index (χ3n) is 2.64. The largest absolute Gasteiger partial charge is 0.265 e. The molecule has 0 N–H and O–H groups in total. The van der Waals surface area contributed by atoms with Crippen LogP contribution in [-0.4, -0.2) is 9.97 Å². The van der Waals surface area contributed by atoms with E-state index in [2.05, 4.69) is 32.0 Å². The fraction of sp³-hybridized carbons (Fsp3) is 0. The van der Waals surface area contributed by atoms with Crippen molar-refractivity contribution in [2.45, 2.75) is 0 Å². The van der Waals surface area contributed by atoms with E-state index in [0.29, 0.717) is 0 Å². The third-order valence-corrected chi connectivity index (χ3v) is 4.32. The molecular weight excluding hydrogens is 308 g/mol. The molecule has 0 unspecified atom stereocenters. The average Bonchev–Trinajstić information content (AvgIpc) is 2.83. The first-order valence-electron chi connectivity index (χ1n) is 5.45. The van der Waals surface area contributed by atoms with Crippen molar-refractivity contribution in [3.63, 3.8) is 0 Å². The van der Waals surface area contributed by atoms with Gasteiger partial charge in [-0.1, -0.05) is 0 Å². The Balaban J connectivity index is 2.17. The Kier molecular flexibility index (Phi) is 3.21. The van der Waals surface area contributed by atoms with Crippen LogP contribution in [0.1, 0.15) is 0 Å². The van der Waals surface area contributed by atoms with Crippen molar-refractivity contribution in [1.82, 2.24) is 9.97 Å². The van der Waals surface area contributed by atoms with Crippen molar-refractivity contribution in [3.05, 3.63) is 58.9 Å². The van der Waals surface area contributed by atoms with Crippen molar-refractivity contribution < 1.29 is 0 Å². The van der Waals surface area contributed by atoms with Crippen LogP contribution in [0.15, 0.2) is 58.9 Å². The summed E-state index contributed by atoms with van der Waals surface area (Å²) in [6.45, 7) is 0. The number of hydrogen-bond acceptors (Lipinski definition) is 3. The van der Waals surface area contributed by atoms with E-state index in [4.69, 9.17) is 0 Å². The van der Waals surface area contributed by atoms with Gasteiger partial charge in [-0.2, -0.15) is 0 Å². The first kappa shape index (κ1) is 11.6. The highest BCUT2D eigenvalue weighted by molar-refractivity contribution is 9.11. The lowest BCUT2D eigenvalue weighted by molar-refractivity contribution is 1.33. The molecule has 3 heterocycles. The molecule has 0 radical (unpaired) electrons. The maximum atomic E-state index is 4.06. The highest BCUT2D eigenvalue weighted by Gasteiger charge is 2.11. The van der Waals surface area contributed by atoms with E-state index in [1.54, 1.807) is 11.3 Å². The molecular formula is C14H9BrN2S. The van der Waals surface area contributed by atoms with E-state index in [1.165, 1.54) is 21.6 Å². The smallest absolute Gasteiger partial charge is 0.0711 e. The molecule has 0 aliphatic rings. The second-order valence-electron chi connectivity index (χ2n) is 3.77. The van der Waals surface area contributed by atoms with Crippen molar-refractivity contribution in [2.75, 3.05) is 0 Å². The van der Waals surface area contributed by atoms with Gasteiger partial charge in [-0.15, -0.1) is 11.3 Å². The maximum absolute atomic E-state index is 4.06. The summed E-state index contributed by atoms with van der Waals surface area (Å²) in [5.74, 6) is 0. The van der Waals surface area contributed by atoms with Crippen LogP contribution in [0.25, 0.3) is 21.6 Å². The number of pyridine rings is 2. The molecule has 0 amide bonds. The number of hydrogen-bond donors (Lipinski definition) is 0. The molecule has 0 aliphatic heterocycles. The summed E-state index contributed by atoms with van der Waals surface area (Å²) in [6, 6.07) is 10.3. The summed E-state index contributed by atoms with van der Waals surface area (Å²) in [5.41, 5.74) is 3.59. The van der Waals surface area contributed by atoms with Crippen LogP contribution in [0.5, 0.6) is 0 Å². The Hall–Kier alpha value is -1.52. The molecule has 0 fully saturated rings. The van der Waals surface area contributed by atoms with E-state index in [9.17, 15) is 0 Å². The van der Waals surface area contributed by atoms with Crippen molar-refractivity contribution in [3.8, 4) is 21.6 Å². The average molecular weight is 317 g/mol. The second kappa shape index (κ2) is 5.00. The molecule has 0 spiro atoms. The standard InChI is InChI=1S/C14H9BrN2S/c15-13-9-12(10-1-5-16-6-2-10)14(18-13)11-3-7-17-8-4-11/h1-9H. The summed E-state index contributed by atoms with van der Waals surface area (Å²) in [5, 5.41) is 0. The van der Waals surface area contributed by atoms with Gasteiger partial charge in [-0.3, -0.25) is 9.97 Å². The van der Waals surface area contributed by atoms with Crippen molar-refractivity contribution in [2.24, 2.45) is 0 Å². The monoisotopic (exact) mass is 316 g/mol. The fourth-order valence-electron chi connectivity index (χ4n) is 1.82. The highest BCUT2D eigenvalue weighted by Crippen LogP contribution is 2.41. The van der Waals surface area contributed by atoms with Crippen LogP contribution < -0.4 is 0 Å². The predicted octanol–water partition coefficient (Wildman–Crippen LogP) is 4.63. The van der Waals surface area contributed by atoms with Gasteiger partial charge in [-0.05, 0) is 57.4 Å². The van der Waals surface area contributed by atoms with Gasteiger partial charge in [0.2, 0.25) is 0 Å². The first-order valence-corrected chi connectivity index (χ1v) is 7.05. The summed E-state index contributed by atoms with van der Waals surface area (Å²) >= 11 is 5.30. The lowest BCUT2D eigenvalue weighted by Crippen LogP contribution is -1.80. The zero-order valence-corrected chi connectivity index (χ0v) is 11.8. The van der Waals surface area contributed by atoms with Crippen molar-refractivity contribution >= 4 is 27.3 Å². The van der Waals surface area contributed by atoms with Gasteiger partial charge in [0.15, 0.2) is 0 Å². The van der Waals surface area contributed by atoms with E-state index in [1.807, 2.05) is 49.1 Å². The lowest BCUT2D eigenvalue weighted by atomic mass is 10.1. The Labute approximate surface area is 117 Å². The molecule has 3 rings (SSSR count). The lowest BCUT2D eigenvalue weighted by Gasteiger charge is -2.03. The molecule has 2 nitrogen and oxygen atoms in total. The molecule has 3 aromatic rings. The Morgan fingerprint density at radius 3 is 2.00 bits per heavy atom. The Morgan fingerprint density at radius 1 is 0.833 bits per heavy atom. The van der Waals surface area contributed by atoms with Crippen LogP contribution >= 0.6 is 27.3 Å². The molecule has 0 aromatic carbocycles. The van der Waals surface area contributed by atoms with Gasteiger partial charge in [0.25, 0.3) is 0 Å². The maximum Gasteiger partial charge on any atom is 0.0711 e. The summed E-state index contributed by atoms with van der Waals surface area (Å²) < 4.78 is 1.13. The topological polar surface area (TPSA) is 25.8 Å². The zero-order chi connectivity index (χ0) is 12.4. The van der Waals surface area contributed by atoms with Gasteiger partial charge >= 0.3 is 0 Å². The minimum absolute atomic E-state index is 1.13. The number of aromatic nitrogens is 2. The summed E-state index contributed by atoms with van der Waals surface area (Å²) in [7, 11) is 0. The molecule has 18 heavy (non-hydrogen) atoms. The van der Waals surface area contributed by atoms with Gasteiger partial charge in [-0.25, -0.2) is 0 Å². The van der Waals surface area contributed by atoms with Gasteiger partial charge in [0.1, 0.15) is 0 Å². The fourth-order valence-corrected chi connectivity index (χ4v) is 3.45. The van der Waals surface area contributed by atoms with Crippen LogP contribution in [0.4, 0.5) is 0 Å².